The first-order valence-corrected chi connectivity index (χ1v) is 9.70. The van der Waals surface area contributed by atoms with Crippen LogP contribution in [-0.2, 0) is 13.6 Å². The molecule has 7 nitrogen and oxygen atoms in total. The van der Waals surface area contributed by atoms with Crippen molar-refractivity contribution in [1.82, 2.24) is 0 Å². The predicted octanol–water partition coefficient (Wildman–Crippen LogP) is 4.82. The number of rotatable bonds is 8. The predicted molar refractivity (Wildman–Crippen MR) is 97.0 cm³/mol. The zero-order valence-corrected chi connectivity index (χ0v) is 15.4. The normalized spacial score (nSPS) is 12.3. The second-order valence-electron chi connectivity index (χ2n) is 5.33. The molecule has 0 saturated heterocycles. The fourth-order valence-electron chi connectivity index (χ4n) is 2.71. The molecule has 0 N–H and O–H groups in total. The standard InChI is InChI=1S/C18H19N2O5P/c1-3-24-26(23,25-4-2)18(14-8-6-5-7-9-14)15-10-11-17(20(21)22)16(12-15)13-19/h5-12,18H,3-4H2,1-2H3. The fraction of sp³-hybridized carbons (Fsp3) is 0.278. The van der Waals surface area contributed by atoms with E-state index in [0.29, 0.717) is 11.1 Å². The Morgan fingerprint density at radius 2 is 1.73 bits per heavy atom. The summed E-state index contributed by atoms with van der Waals surface area (Å²) in [6.45, 7) is 3.78. The third-order valence-electron chi connectivity index (χ3n) is 3.70. The van der Waals surface area contributed by atoms with Gasteiger partial charge in [0.05, 0.1) is 18.1 Å². The zero-order valence-electron chi connectivity index (χ0n) is 14.5. The molecule has 2 aromatic rings. The molecule has 2 aromatic carbocycles. The van der Waals surface area contributed by atoms with Gasteiger partial charge in [0.15, 0.2) is 0 Å². The minimum Gasteiger partial charge on any atom is -0.308 e. The molecule has 0 saturated carbocycles. The van der Waals surface area contributed by atoms with Crippen LogP contribution in [0.4, 0.5) is 5.69 Å². The average Bonchev–Trinajstić information content (AvgIpc) is 2.62. The second kappa shape index (κ2) is 8.72. The molecule has 136 valence electrons. The van der Waals surface area contributed by atoms with E-state index in [4.69, 9.17) is 9.05 Å². The zero-order chi connectivity index (χ0) is 19.2. The van der Waals surface area contributed by atoms with Crippen molar-refractivity contribution in [2.75, 3.05) is 13.2 Å². The van der Waals surface area contributed by atoms with Crippen molar-refractivity contribution in [2.24, 2.45) is 0 Å². The van der Waals surface area contributed by atoms with Crippen LogP contribution in [0.1, 0.15) is 36.2 Å². The van der Waals surface area contributed by atoms with Gasteiger partial charge in [-0.3, -0.25) is 14.7 Å². The number of hydrogen-bond acceptors (Lipinski definition) is 6. The number of nitro benzene ring substituents is 1. The Morgan fingerprint density at radius 1 is 1.12 bits per heavy atom. The number of benzene rings is 2. The Morgan fingerprint density at radius 3 is 2.23 bits per heavy atom. The van der Waals surface area contributed by atoms with Gasteiger partial charge in [-0.05, 0) is 31.0 Å². The van der Waals surface area contributed by atoms with Crippen LogP contribution >= 0.6 is 7.60 Å². The maximum Gasteiger partial charge on any atom is 0.342 e. The molecule has 0 spiro atoms. The second-order valence-corrected chi connectivity index (χ2v) is 7.45. The largest absolute Gasteiger partial charge is 0.342 e. The molecule has 0 fully saturated rings. The quantitative estimate of drug-likeness (QED) is 0.373. The maximum absolute atomic E-state index is 13.5. The highest BCUT2D eigenvalue weighted by Gasteiger charge is 2.38. The summed E-state index contributed by atoms with van der Waals surface area (Å²) < 4.78 is 24.5. The van der Waals surface area contributed by atoms with E-state index >= 15 is 0 Å². The van der Waals surface area contributed by atoms with Crippen LogP contribution < -0.4 is 0 Å². The molecule has 0 amide bonds. The number of nitrogens with zero attached hydrogens (tertiary/aromatic N) is 2. The first-order valence-electron chi connectivity index (χ1n) is 8.09. The van der Waals surface area contributed by atoms with Crippen molar-refractivity contribution in [3.05, 3.63) is 75.3 Å². The van der Waals surface area contributed by atoms with E-state index in [0.717, 1.165) is 0 Å². The van der Waals surface area contributed by atoms with Crippen LogP contribution in [0.25, 0.3) is 0 Å². The third kappa shape index (κ3) is 4.17. The average molecular weight is 374 g/mol. The summed E-state index contributed by atoms with van der Waals surface area (Å²) >= 11 is 0. The van der Waals surface area contributed by atoms with E-state index in [9.17, 15) is 19.9 Å². The molecule has 0 radical (unpaired) electrons. The highest BCUT2D eigenvalue weighted by molar-refractivity contribution is 7.54. The molecule has 0 aromatic heterocycles. The minimum atomic E-state index is -3.62. The monoisotopic (exact) mass is 374 g/mol. The van der Waals surface area contributed by atoms with Gasteiger partial charge < -0.3 is 9.05 Å². The fourth-order valence-corrected chi connectivity index (χ4v) is 4.87. The lowest BCUT2D eigenvalue weighted by Crippen LogP contribution is -2.09. The van der Waals surface area contributed by atoms with Crippen LogP contribution in [0.3, 0.4) is 0 Å². The lowest BCUT2D eigenvalue weighted by molar-refractivity contribution is -0.385. The van der Waals surface area contributed by atoms with Crippen molar-refractivity contribution >= 4 is 13.3 Å². The van der Waals surface area contributed by atoms with E-state index in [-0.39, 0.29) is 24.5 Å². The Hall–Kier alpha value is -2.52. The molecular weight excluding hydrogens is 355 g/mol. The van der Waals surface area contributed by atoms with Gasteiger partial charge in [0.2, 0.25) is 0 Å². The minimum absolute atomic E-state index is 0.104. The van der Waals surface area contributed by atoms with Crippen LogP contribution in [0.15, 0.2) is 48.5 Å². The molecule has 0 aliphatic carbocycles. The lowest BCUT2D eigenvalue weighted by atomic mass is 10.0. The van der Waals surface area contributed by atoms with Crippen molar-refractivity contribution in [3.8, 4) is 6.07 Å². The van der Waals surface area contributed by atoms with E-state index < -0.39 is 18.2 Å². The van der Waals surface area contributed by atoms with Gasteiger partial charge in [0, 0.05) is 6.07 Å². The Balaban J connectivity index is 2.67. The first-order chi connectivity index (χ1) is 12.5. The Bertz CT molecular complexity index is 854. The van der Waals surface area contributed by atoms with Crippen LogP contribution in [0, 0.1) is 21.4 Å². The summed E-state index contributed by atoms with van der Waals surface area (Å²) in [7, 11) is -3.62. The van der Waals surface area contributed by atoms with E-state index in [1.165, 1.54) is 18.2 Å². The smallest absolute Gasteiger partial charge is 0.308 e. The van der Waals surface area contributed by atoms with Gasteiger partial charge >= 0.3 is 7.60 Å². The van der Waals surface area contributed by atoms with Crippen molar-refractivity contribution in [3.63, 3.8) is 0 Å². The molecule has 0 aliphatic rings. The SMILES string of the molecule is CCOP(=O)(OCC)C(c1ccccc1)c1ccc([N+](=O)[O-])c(C#N)c1. The van der Waals surface area contributed by atoms with Gasteiger partial charge in [-0.25, -0.2) is 0 Å². The Kier molecular flexibility index (Phi) is 6.64. The van der Waals surface area contributed by atoms with Crippen molar-refractivity contribution in [2.45, 2.75) is 19.5 Å². The molecular formula is C18H19N2O5P. The van der Waals surface area contributed by atoms with Gasteiger partial charge in [-0.15, -0.1) is 0 Å². The summed E-state index contributed by atoms with van der Waals surface area (Å²) in [6.07, 6.45) is 0. The lowest BCUT2D eigenvalue weighted by Gasteiger charge is -2.27. The molecule has 0 heterocycles. The summed E-state index contributed by atoms with van der Waals surface area (Å²) in [5.41, 5.74) is -0.0609. The third-order valence-corrected chi connectivity index (χ3v) is 6.17. The summed E-state index contributed by atoms with van der Waals surface area (Å²) in [6, 6.07) is 14.9. The molecule has 0 bridgehead atoms. The molecule has 1 atom stereocenters. The number of hydrogen-bond donors (Lipinski definition) is 0. The van der Waals surface area contributed by atoms with Gasteiger partial charge in [-0.1, -0.05) is 36.4 Å². The highest BCUT2D eigenvalue weighted by atomic mass is 31.2. The Labute approximate surface area is 151 Å². The maximum atomic E-state index is 13.5. The molecule has 1 unspecified atom stereocenters. The van der Waals surface area contributed by atoms with Crippen molar-refractivity contribution in [1.29, 1.82) is 5.26 Å². The molecule has 26 heavy (non-hydrogen) atoms. The first kappa shape index (κ1) is 19.8. The molecule has 8 heteroatoms. The van der Waals surface area contributed by atoms with Gasteiger partial charge in [0.25, 0.3) is 5.69 Å². The number of nitriles is 1. The van der Waals surface area contributed by atoms with Crippen LogP contribution in [-0.4, -0.2) is 18.1 Å². The van der Waals surface area contributed by atoms with Crippen molar-refractivity contribution < 1.29 is 18.5 Å². The van der Waals surface area contributed by atoms with Gasteiger partial charge in [-0.2, -0.15) is 5.26 Å². The van der Waals surface area contributed by atoms with E-state index in [1.807, 2.05) is 12.1 Å². The molecule has 2 rings (SSSR count). The van der Waals surface area contributed by atoms with E-state index in [2.05, 4.69) is 0 Å². The summed E-state index contributed by atoms with van der Waals surface area (Å²) in [4.78, 5) is 10.5. The number of nitro groups is 1. The summed E-state index contributed by atoms with van der Waals surface area (Å²) in [5.74, 6) is 0. The van der Waals surface area contributed by atoms with Crippen LogP contribution in [0.5, 0.6) is 0 Å². The highest BCUT2D eigenvalue weighted by Crippen LogP contribution is 2.63. The van der Waals surface area contributed by atoms with E-state index in [1.54, 1.807) is 38.1 Å². The topological polar surface area (TPSA) is 102 Å². The summed E-state index contributed by atoms with van der Waals surface area (Å²) in [5, 5.41) is 20.4. The van der Waals surface area contributed by atoms with Gasteiger partial charge in [0.1, 0.15) is 17.3 Å². The van der Waals surface area contributed by atoms with Crippen LogP contribution in [0.2, 0.25) is 0 Å². The molecule has 0 aliphatic heterocycles.